The molecule has 2 aromatic rings. The number of carbonyl (C=O) groups excluding carboxylic acids is 1. The highest BCUT2D eigenvalue weighted by atomic mass is 79.9. The lowest BCUT2D eigenvalue weighted by atomic mass is 10.1. The Morgan fingerprint density at radius 1 is 1.15 bits per heavy atom. The number of benzene rings is 1. The van der Waals surface area contributed by atoms with Gasteiger partial charge in [-0.05, 0) is 49.9 Å². The van der Waals surface area contributed by atoms with Crippen LogP contribution in [0.4, 0.5) is 0 Å². The van der Waals surface area contributed by atoms with Gasteiger partial charge in [0.25, 0.3) is 0 Å². The van der Waals surface area contributed by atoms with Crippen molar-refractivity contribution < 1.29 is 4.79 Å². The lowest BCUT2D eigenvalue weighted by molar-refractivity contribution is 0.0981. The van der Waals surface area contributed by atoms with Gasteiger partial charge >= 0.3 is 0 Å². The molecule has 4 heteroatoms. The summed E-state index contributed by atoms with van der Waals surface area (Å²) in [6.45, 7) is 2.04. The monoisotopic (exact) mass is 330 g/mol. The molecule has 0 saturated carbocycles. The Balaban J connectivity index is 2.08. The van der Waals surface area contributed by atoms with Crippen molar-refractivity contribution in [3.63, 3.8) is 0 Å². The molecule has 20 heavy (non-hydrogen) atoms. The van der Waals surface area contributed by atoms with Crippen molar-refractivity contribution in [1.82, 2.24) is 9.97 Å². The molecule has 102 valence electrons. The second-order valence-electron chi connectivity index (χ2n) is 5.14. The minimum Gasteiger partial charge on any atom is -0.294 e. The number of halogens is 1. The van der Waals surface area contributed by atoms with E-state index in [1.54, 1.807) is 6.20 Å². The first-order chi connectivity index (χ1) is 9.65. The van der Waals surface area contributed by atoms with Gasteiger partial charge in [0.05, 0.1) is 11.3 Å². The predicted molar refractivity (Wildman–Crippen MR) is 81.8 cm³/mol. The summed E-state index contributed by atoms with van der Waals surface area (Å²) in [7, 11) is 0. The number of carbonyl (C=O) groups is 1. The lowest BCUT2D eigenvalue weighted by Crippen LogP contribution is -2.05. The Kier molecular flexibility index (Phi) is 3.66. The zero-order chi connectivity index (χ0) is 14.1. The van der Waals surface area contributed by atoms with E-state index in [1.165, 1.54) is 0 Å². The molecule has 1 heterocycles. The lowest BCUT2D eigenvalue weighted by Gasteiger charge is -2.08. The largest absolute Gasteiger partial charge is 0.294 e. The third-order valence-corrected chi connectivity index (χ3v) is 4.16. The van der Waals surface area contributed by atoms with Gasteiger partial charge in [0.2, 0.25) is 0 Å². The molecule has 1 aliphatic rings. The fourth-order valence-corrected chi connectivity index (χ4v) is 3.04. The van der Waals surface area contributed by atoms with Crippen LogP contribution < -0.4 is 0 Å². The van der Waals surface area contributed by atoms with Crippen LogP contribution in [0.15, 0.2) is 28.9 Å². The minimum atomic E-state index is 0.177. The number of hydrogen-bond donors (Lipinski definition) is 0. The molecule has 1 aromatic heterocycles. The van der Waals surface area contributed by atoms with Crippen molar-refractivity contribution in [2.45, 2.75) is 32.6 Å². The standard InChI is InChI=1S/C16H15BrN2O/c1-10-8-11(17)6-7-12(10)16-18-9-13-14(19-16)4-2-3-5-15(13)20/h6-9H,2-5H2,1H3. The SMILES string of the molecule is Cc1cc(Br)ccc1-c1ncc2c(n1)CCCCC2=O. The number of Topliss-reactive ketones (excluding diaryl/α,β-unsaturated/α-hetero) is 1. The predicted octanol–water partition coefficient (Wildman–Crippen LogP) is 4.12. The summed E-state index contributed by atoms with van der Waals surface area (Å²) in [6, 6.07) is 6.05. The topological polar surface area (TPSA) is 42.9 Å². The molecule has 0 saturated heterocycles. The van der Waals surface area contributed by atoms with Crippen molar-refractivity contribution in [2.75, 3.05) is 0 Å². The van der Waals surface area contributed by atoms with Gasteiger partial charge in [0, 0.05) is 22.7 Å². The fourth-order valence-electron chi connectivity index (χ4n) is 2.56. The van der Waals surface area contributed by atoms with Crippen LogP contribution in [0.5, 0.6) is 0 Å². The molecular weight excluding hydrogens is 316 g/mol. The van der Waals surface area contributed by atoms with Crippen molar-refractivity contribution >= 4 is 21.7 Å². The van der Waals surface area contributed by atoms with Gasteiger partial charge in [-0.2, -0.15) is 0 Å². The van der Waals surface area contributed by atoms with Crippen LogP contribution in [-0.2, 0) is 6.42 Å². The number of ketones is 1. The normalized spacial score (nSPS) is 14.8. The first-order valence-corrected chi connectivity index (χ1v) is 7.60. The Bertz CT molecular complexity index is 682. The molecular formula is C16H15BrN2O. The molecule has 0 N–H and O–H groups in total. The van der Waals surface area contributed by atoms with Gasteiger partial charge in [-0.1, -0.05) is 15.9 Å². The molecule has 0 atom stereocenters. The summed E-state index contributed by atoms with van der Waals surface area (Å²) >= 11 is 3.46. The fraction of sp³-hybridized carbons (Fsp3) is 0.312. The molecule has 0 aliphatic heterocycles. The maximum absolute atomic E-state index is 12.0. The first kappa shape index (κ1) is 13.4. The van der Waals surface area contributed by atoms with Crippen LogP contribution >= 0.6 is 15.9 Å². The number of nitrogens with zero attached hydrogens (tertiary/aromatic N) is 2. The minimum absolute atomic E-state index is 0.177. The zero-order valence-corrected chi connectivity index (χ0v) is 12.9. The summed E-state index contributed by atoms with van der Waals surface area (Å²) < 4.78 is 1.05. The molecule has 0 radical (unpaired) electrons. The molecule has 3 rings (SSSR count). The van der Waals surface area contributed by atoms with Crippen LogP contribution in [-0.4, -0.2) is 15.8 Å². The maximum Gasteiger partial charge on any atom is 0.166 e. The maximum atomic E-state index is 12.0. The van der Waals surface area contributed by atoms with Crippen molar-refractivity contribution in [3.05, 3.63) is 45.7 Å². The summed E-state index contributed by atoms with van der Waals surface area (Å²) in [5.41, 5.74) is 3.76. The summed E-state index contributed by atoms with van der Waals surface area (Å²) in [4.78, 5) is 21.0. The van der Waals surface area contributed by atoms with E-state index >= 15 is 0 Å². The van der Waals surface area contributed by atoms with Crippen LogP contribution in [0.25, 0.3) is 11.4 Å². The van der Waals surface area contributed by atoms with E-state index in [-0.39, 0.29) is 5.78 Å². The molecule has 0 fully saturated rings. The molecule has 0 amide bonds. The number of fused-ring (bicyclic) bond motifs is 1. The van der Waals surface area contributed by atoms with E-state index in [0.29, 0.717) is 17.8 Å². The highest BCUT2D eigenvalue weighted by Gasteiger charge is 2.18. The highest BCUT2D eigenvalue weighted by Crippen LogP contribution is 2.26. The van der Waals surface area contributed by atoms with E-state index in [1.807, 2.05) is 19.1 Å². The first-order valence-electron chi connectivity index (χ1n) is 6.81. The molecule has 3 nitrogen and oxygen atoms in total. The average molecular weight is 331 g/mol. The number of aryl methyl sites for hydroxylation is 2. The molecule has 0 spiro atoms. The van der Waals surface area contributed by atoms with Gasteiger partial charge in [-0.3, -0.25) is 4.79 Å². The van der Waals surface area contributed by atoms with Gasteiger partial charge in [-0.25, -0.2) is 9.97 Å². The van der Waals surface area contributed by atoms with Crippen LogP contribution in [0, 0.1) is 6.92 Å². The Labute approximate surface area is 126 Å². The smallest absolute Gasteiger partial charge is 0.166 e. The third kappa shape index (κ3) is 2.52. The summed E-state index contributed by atoms with van der Waals surface area (Å²) in [5, 5.41) is 0. The average Bonchev–Trinajstić information content (AvgIpc) is 2.60. The second-order valence-corrected chi connectivity index (χ2v) is 6.06. The van der Waals surface area contributed by atoms with E-state index in [9.17, 15) is 4.79 Å². The van der Waals surface area contributed by atoms with Crippen LogP contribution in [0.2, 0.25) is 0 Å². The van der Waals surface area contributed by atoms with Gasteiger partial charge < -0.3 is 0 Å². The van der Waals surface area contributed by atoms with Gasteiger partial charge in [-0.15, -0.1) is 0 Å². The van der Waals surface area contributed by atoms with E-state index in [2.05, 4.69) is 32.0 Å². The number of aromatic nitrogens is 2. The Hall–Kier alpha value is -1.55. The van der Waals surface area contributed by atoms with Crippen LogP contribution in [0.1, 0.15) is 40.9 Å². The Morgan fingerprint density at radius 2 is 1.95 bits per heavy atom. The van der Waals surface area contributed by atoms with Crippen LogP contribution in [0.3, 0.4) is 0 Å². The van der Waals surface area contributed by atoms with Crippen molar-refractivity contribution in [2.24, 2.45) is 0 Å². The third-order valence-electron chi connectivity index (χ3n) is 3.66. The van der Waals surface area contributed by atoms with E-state index in [4.69, 9.17) is 0 Å². The van der Waals surface area contributed by atoms with E-state index < -0.39 is 0 Å². The zero-order valence-electron chi connectivity index (χ0n) is 11.3. The van der Waals surface area contributed by atoms with Gasteiger partial charge in [0.1, 0.15) is 0 Å². The summed E-state index contributed by atoms with van der Waals surface area (Å²) in [6.07, 6.45) is 5.16. The Morgan fingerprint density at radius 3 is 2.75 bits per heavy atom. The molecule has 1 aliphatic carbocycles. The summed E-state index contributed by atoms with van der Waals surface area (Å²) in [5.74, 6) is 0.889. The number of hydrogen-bond acceptors (Lipinski definition) is 3. The van der Waals surface area contributed by atoms with Crippen molar-refractivity contribution in [3.8, 4) is 11.4 Å². The highest BCUT2D eigenvalue weighted by molar-refractivity contribution is 9.10. The quantitative estimate of drug-likeness (QED) is 0.738. The second kappa shape index (κ2) is 5.44. The van der Waals surface area contributed by atoms with E-state index in [0.717, 1.165) is 40.6 Å². The molecule has 0 unspecified atom stereocenters. The molecule has 0 bridgehead atoms. The van der Waals surface area contributed by atoms with Crippen molar-refractivity contribution in [1.29, 1.82) is 0 Å². The molecule has 1 aromatic carbocycles. The number of rotatable bonds is 1. The van der Waals surface area contributed by atoms with Gasteiger partial charge in [0.15, 0.2) is 11.6 Å².